The Hall–Kier alpha value is -2.47. The van der Waals surface area contributed by atoms with Gasteiger partial charge in [0.1, 0.15) is 24.8 Å². The minimum absolute atomic E-state index is 0.0658. The molecule has 13 aliphatic rings. The zero-order valence-corrected chi connectivity index (χ0v) is 30.7. The Labute approximate surface area is 308 Å². The van der Waals surface area contributed by atoms with Gasteiger partial charge in [0, 0.05) is 42.4 Å². The average Bonchev–Trinajstić information content (AvgIpc) is 3.11. The van der Waals surface area contributed by atoms with E-state index in [9.17, 15) is 32.8 Å². The Morgan fingerprint density at radius 2 is 0.981 bits per heavy atom. The van der Waals surface area contributed by atoms with Gasteiger partial charge in [-0.2, -0.15) is 0 Å². The maximum absolute atomic E-state index is 14.1. The lowest BCUT2D eigenvalue weighted by Gasteiger charge is -2.65. The van der Waals surface area contributed by atoms with Crippen molar-refractivity contribution >= 4 is 29.5 Å². The molecule has 1 heterocycles. The van der Waals surface area contributed by atoms with E-state index in [-0.39, 0.29) is 79.8 Å². The van der Waals surface area contributed by atoms with Gasteiger partial charge in [0.25, 0.3) is 5.92 Å². The lowest BCUT2D eigenvalue weighted by atomic mass is 9.47. The number of ketones is 2. The molecular formula is C41H52F2O10. The van der Waals surface area contributed by atoms with Gasteiger partial charge in [-0.15, -0.1) is 0 Å². The zero-order chi connectivity index (χ0) is 36.8. The molecule has 1 saturated heterocycles. The number of alkyl halides is 2. The van der Waals surface area contributed by atoms with E-state index in [4.69, 9.17) is 23.7 Å². The van der Waals surface area contributed by atoms with E-state index in [0.29, 0.717) is 68.3 Å². The molecule has 12 bridgehead atoms. The summed E-state index contributed by atoms with van der Waals surface area (Å²) in [7, 11) is 0. The average molecular weight is 743 g/mol. The van der Waals surface area contributed by atoms with Gasteiger partial charge in [-0.05, 0) is 114 Å². The maximum atomic E-state index is 14.1. The summed E-state index contributed by atoms with van der Waals surface area (Å²) in [6.07, 6.45) is 10.1. The number of hydrogen-bond acceptors (Lipinski definition) is 10. The summed E-state index contributed by atoms with van der Waals surface area (Å²) in [5, 5.41) is 0. The summed E-state index contributed by atoms with van der Waals surface area (Å²) >= 11 is 0. The van der Waals surface area contributed by atoms with Crippen LogP contribution in [0.3, 0.4) is 0 Å². The fraction of sp³-hybridized carbons (Fsp3) is 0.878. The summed E-state index contributed by atoms with van der Waals surface area (Å²) in [6.45, 7) is -0.0985. The first kappa shape index (κ1) is 35.0. The van der Waals surface area contributed by atoms with Crippen LogP contribution in [0.2, 0.25) is 0 Å². The highest BCUT2D eigenvalue weighted by Crippen LogP contribution is 2.67. The van der Waals surface area contributed by atoms with Crippen LogP contribution in [0.1, 0.15) is 103 Å². The molecule has 6 unspecified atom stereocenters. The van der Waals surface area contributed by atoms with Crippen LogP contribution in [0, 0.1) is 74.9 Å². The van der Waals surface area contributed by atoms with E-state index in [1.807, 2.05) is 0 Å². The summed E-state index contributed by atoms with van der Waals surface area (Å²) in [6, 6.07) is 0. The number of esters is 3. The Morgan fingerprint density at radius 1 is 0.604 bits per heavy atom. The largest absolute Gasteiger partial charge is 0.464 e. The molecule has 13 rings (SSSR count). The third-order valence-electron chi connectivity index (χ3n) is 16.3. The molecule has 12 heteroatoms. The molecule has 1 aliphatic heterocycles. The van der Waals surface area contributed by atoms with Crippen LogP contribution in [-0.2, 0) is 47.7 Å². The van der Waals surface area contributed by atoms with Crippen LogP contribution in [0.5, 0.6) is 0 Å². The summed E-state index contributed by atoms with van der Waals surface area (Å²) in [4.78, 5) is 67.2. The number of rotatable bonds is 9. The smallest absolute Gasteiger partial charge is 0.312 e. The van der Waals surface area contributed by atoms with Crippen molar-refractivity contribution in [1.82, 2.24) is 0 Å². The molecule has 0 radical (unpaired) electrons. The highest BCUT2D eigenvalue weighted by molar-refractivity contribution is 5.90. The SMILES string of the molecule is CC(F)(F)COC(=O)C12CC3CC(C1)C1(OCC(COC(=O)C45CC6CC(C4)C(=O)C(C6)C5)(COC(=O)C45CC6CC(C4)C(=O)C(C6)C5)CO1)C(C3)C2. The van der Waals surface area contributed by atoms with E-state index in [0.717, 1.165) is 58.3 Å². The van der Waals surface area contributed by atoms with Crippen LogP contribution < -0.4 is 0 Å². The first-order valence-electron chi connectivity index (χ1n) is 20.4. The van der Waals surface area contributed by atoms with Crippen LogP contribution >= 0.6 is 0 Å². The standard InChI is InChI=1S/C41H52F2O10/c1-36(42,43)17-49-35(48)40-10-24-6-29(15-40)41(30(7-24)16-40)52-20-37(21-53-41,18-50-33(46)38-8-22-2-25(11-38)31(44)26(3-22)12-38)19-51-34(47)39-9-23-4-27(13-39)32(45)28(5-23)14-39/h22-30H,2-21H2,1H3. The van der Waals surface area contributed by atoms with Gasteiger partial charge < -0.3 is 23.7 Å². The normalized spacial score (nSPS) is 49.8. The first-order chi connectivity index (χ1) is 25.1. The number of ether oxygens (including phenoxy) is 5. The summed E-state index contributed by atoms with van der Waals surface area (Å²) < 4.78 is 58.6. The van der Waals surface area contributed by atoms with Crippen molar-refractivity contribution in [1.29, 1.82) is 0 Å². The Morgan fingerprint density at radius 3 is 1.40 bits per heavy atom. The van der Waals surface area contributed by atoms with E-state index in [1.165, 1.54) is 0 Å². The molecule has 0 aromatic carbocycles. The first-order valence-corrected chi connectivity index (χ1v) is 20.4. The van der Waals surface area contributed by atoms with Gasteiger partial charge in [0.15, 0.2) is 12.4 Å². The number of Topliss-reactive ketones (excluding diaryl/α,β-unsaturated/α-hetero) is 2. The molecule has 0 aromatic rings. The Bertz CT molecular complexity index is 1500. The van der Waals surface area contributed by atoms with Gasteiger partial charge >= 0.3 is 17.9 Å². The molecule has 6 atom stereocenters. The van der Waals surface area contributed by atoms with Gasteiger partial charge in [0.2, 0.25) is 0 Å². The number of halogens is 2. The van der Waals surface area contributed by atoms with Crippen LogP contribution in [-0.4, -0.2) is 74.2 Å². The molecular weight excluding hydrogens is 690 g/mol. The van der Waals surface area contributed by atoms with E-state index >= 15 is 0 Å². The van der Waals surface area contributed by atoms with Gasteiger partial charge in [-0.3, -0.25) is 24.0 Å². The monoisotopic (exact) mass is 742 g/mol. The van der Waals surface area contributed by atoms with E-state index in [1.54, 1.807) is 0 Å². The molecule has 0 amide bonds. The minimum Gasteiger partial charge on any atom is -0.464 e. The molecule has 0 N–H and O–H groups in total. The molecule has 290 valence electrons. The van der Waals surface area contributed by atoms with Crippen molar-refractivity contribution in [3.05, 3.63) is 0 Å². The predicted octanol–water partition coefficient (Wildman–Crippen LogP) is 5.62. The predicted molar refractivity (Wildman–Crippen MR) is 179 cm³/mol. The molecule has 53 heavy (non-hydrogen) atoms. The fourth-order valence-corrected chi connectivity index (χ4v) is 14.6. The van der Waals surface area contributed by atoms with Crippen LogP contribution in [0.15, 0.2) is 0 Å². The number of carbonyl (C=O) groups excluding carboxylic acids is 5. The molecule has 12 aliphatic carbocycles. The second-order valence-electron chi connectivity index (χ2n) is 20.3. The van der Waals surface area contributed by atoms with Gasteiger partial charge in [-0.1, -0.05) is 0 Å². The molecule has 13 fully saturated rings. The quantitative estimate of drug-likeness (QED) is 0.217. The highest BCUT2D eigenvalue weighted by atomic mass is 19.3. The number of carbonyl (C=O) groups is 5. The third-order valence-corrected chi connectivity index (χ3v) is 16.3. The van der Waals surface area contributed by atoms with Crippen LogP contribution in [0.25, 0.3) is 0 Å². The zero-order valence-electron chi connectivity index (χ0n) is 30.7. The lowest BCUT2D eigenvalue weighted by molar-refractivity contribution is -0.391. The molecule has 0 aromatic heterocycles. The van der Waals surface area contributed by atoms with Gasteiger partial charge in [0.05, 0.1) is 34.9 Å². The fourth-order valence-electron chi connectivity index (χ4n) is 14.6. The Balaban J connectivity index is 0.868. The van der Waals surface area contributed by atoms with Crippen molar-refractivity contribution in [3.63, 3.8) is 0 Å². The van der Waals surface area contributed by atoms with Crippen molar-refractivity contribution < 1.29 is 56.4 Å². The van der Waals surface area contributed by atoms with E-state index < -0.39 is 45.9 Å². The molecule has 1 spiro atoms. The summed E-state index contributed by atoms with van der Waals surface area (Å²) in [5.74, 6) is -4.25. The third kappa shape index (κ3) is 5.36. The second kappa shape index (κ2) is 11.5. The van der Waals surface area contributed by atoms with Gasteiger partial charge in [-0.25, -0.2) is 8.78 Å². The minimum atomic E-state index is -3.11. The molecule has 12 saturated carbocycles. The second-order valence-corrected chi connectivity index (χ2v) is 20.3. The Kier molecular flexibility index (Phi) is 7.62. The lowest BCUT2D eigenvalue weighted by Crippen LogP contribution is -2.68. The highest BCUT2D eigenvalue weighted by Gasteiger charge is 2.69. The molecule has 10 nitrogen and oxygen atoms in total. The summed E-state index contributed by atoms with van der Waals surface area (Å²) in [5.41, 5.74) is -3.15. The topological polar surface area (TPSA) is 132 Å². The van der Waals surface area contributed by atoms with Crippen molar-refractivity contribution in [3.8, 4) is 0 Å². The van der Waals surface area contributed by atoms with Crippen molar-refractivity contribution in [2.45, 2.75) is 115 Å². The number of hydrogen-bond donors (Lipinski definition) is 0. The maximum Gasteiger partial charge on any atom is 0.312 e. The van der Waals surface area contributed by atoms with Crippen molar-refractivity contribution in [2.75, 3.05) is 33.0 Å². The van der Waals surface area contributed by atoms with Crippen LogP contribution in [0.4, 0.5) is 8.78 Å². The van der Waals surface area contributed by atoms with E-state index in [2.05, 4.69) is 0 Å². The van der Waals surface area contributed by atoms with Crippen molar-refractivity contribution in [2.24, 2.45) is 74.9 Å².